The first kappa shape index (κ1) is 23.1. The molecule has 3 rings (SSSR count). The van der Waals surface area contributed by atoms with Gasteiger partial charge in [0.2, 0.25) is 0 Å². The summed E-state index contributed by atoms with van der Waals surface area (Å²) in [5, 5.41) is 22.8. The van der Waals surface area contributed by atoms with E-state index in [1.54, 1.807) is 24.3 Å². The Morgan fingerprint density at radius 2 is 1.47 bits per heavy atom. The molecule has 0 saturated carbocycles. The van der Waals surface area contributed by atoms with Crippen LogP contribution < -0.4 is 14.8 Å². The maximum Gasteiger partial charge on any atom is 0.294 e. The van der Waals surface area contributed by atoms with Crippen LogP contribution in [0.3, 0.4) is 0 Å². The van der Waals surface area contributed by atoms with Gasteiger partial charge in [-0.05, 0) is 28.8 Å². The Labute approximate surface area is 186 Å². The summed E-state index contributed by atoms with van der Waals surface area (Å²) < 4.78 is 11.1. The molecular weight excluding hydrogens is 412 g/mol. The molecule has 0 bridgehead atoms. The fourth-order valence-electron chi connectivity index (χ4n) is 3.03. The van der Waals surface area contributed by atoms with Crippen LogP contribution in [0.15, 0.2) is 78.9 Å². The highest BCUT2D eigenvalue weighted by atomic mass is 17.0. The van der Waals surface area contributed by atoms with Gasteiger partial charge in [-0.3, -0.25) is 0 Å². The number of para-hydroxylation sites is 2. The van der Waals surface area contributed by atoms with Crippen molar-refractivity contribution in [1.82, 2.24) is 5.32 Å². The minimum atomic E-state index is -0.868. The predicted molar refractivity (Wildman–Crippen MR) is 120 cm³/mol. The van der Waals surface area contributed by atoms with E-state index in [1.165, 1.54) is 5.56 Å². The maximum absolute atomic E-state index is 10.2. The third-order valence-corrected chi connectivity index (χ3v) is 4.59. The molecule has 8 nitrogen and oxygen atoms in total. The second-order valence-corrected chi connectivity index (χ2v) is 7.01. The monoisotopic (exact) mass is 438 g/mol. The number of aliphatic hydroxyl groups is 1. The molecule has 1 unspecified atom stereocenters. The summed E-state index contributed by atoms with van der Waals surface area (Å²) in [7, 11) is 0. The second kappa shape index (κ2) is 12.3. The van der Waals surface area contributed by atoms with Gasteiger partial charge in [-0.1, -0.05) is 66.7 Å². The molecule has 0 spiro atoms. The zero-order chi connectivity index (χ0) is 22.6. The van der Waals surface area contributed by atoms with Crippen molar-refractivity contribution in [3.8, 4) is 22.6 Å². The summed E-state index contributed by atoms with van der Waals surface area (Å²) in [6, 6.07) is 25.4. The van der Waals surface area contributed by atoms with E-state index < -0.39 is 11.2 Å². The molecule has 0 aliphatic rings. The summed E-state index contributed by atoms with van der Waals surface area (Å²) in [6.07, 6.45) is -0.718. The average Bonchev–Trinajstić information content (AvgIpc) is 2.82. The molecule has 0 aromatic heterocycles. The lowest BCUT2D eigenvalue weighted by molar-refractivity contribution is -0.757. The van der Waals surface area contributed by atoms with Crippen LogP contribution in [0, 0.1) is 10.1 Å². The number of rotatable bonds is 13. The Kier molecular flexibility index (Phi) is 8.85. The highest BCUT2D eigenvalue weighted by molar-refractivity contribution is 5.63. The van der Waals surface area contributed by atoms with Crippen LogP contribution in [0.1, 0.15) is 5.56 Å². The van der Waals surface area contributed by atoms with Crippen LogP contribution in [0.5, 0.6) is 11.5 Å². The van der Waals surface area contributed by atoms with E-state index in [2.05, 4.69) is 46.6 Å². The third kappa shape index (κ3) is 7.57. The van der Waals surface area contributed by atoms with Crippen molar-refractivity contribution in [2.45, 2.75) is 12.6 Å². The van der Waals surface area contributed by atoms with Gasteiger partial charge in [-0.15, -0.1) is 10.1 Å². The summed E-state index contributed by atoms with van der Waals surface area (Å²) in [5.74, 6) is 0.877. The Hall–Kier alpha value is -3.62. The second-order valence-electron chi connectivity index (χ2n) is 7.01. The molecule has 2 N–H and O–H groups in total. The molecule has 168 valence electrons. The molecule has 0 fully saturated rings. The molecule has 0 heterocycles. The third-order valence-electron chi connectivity index (χ3n) is 4.59. The molecule has 0 radical (unpaired) electrons. The van der Waals surface area contributed by atoms with E-state index in [-0.39, 0.29) is 19.8 Å². The lowest BCUT2D eigenvalue weighted by Crippen LogP contribution is -2.31. The Balaban J connectivity index is 1.39. The standard InChI is InChI=1S/C24H26N2O6/c27-22(18-31-24-9-5-4-8-23(24)30-14-15-32-26(28)29)17-25-16-19-10-12-21(13-11-19)20-6-2-1-3-7-20/h1-13,22,25,27H,14-18H2. The van der Waals surface area contributed by atoms with Gasteiger partial charge in [-0.2, -0.15) is 0 Å². The van der Waals surface area contributed by atoms with E-state index in [0.29, 0.717) is 24.6 Å². The van der Waals surface area contributed by atoms with E-state index in [1.807, 2.05) is 18.2 Å². The van der Waals surface area contributed by atoms with Crippen LogP contribution >= 0.6 is 0 Å². The summed E-state index contributed by atoms with van der Waals surface area (Å²) >= 11 is 0. The van der Waals surface area contributed by atoms with Crippen LogP contribution in [0.2, 0.25) is 0 Å². The predicted octanol–water partition coefficient (Wildman–Crippen LogP) is 3.47. The number of aliphatic hydroxyl groups excluding tert-OH is 1. The van der Waals surface area contributed by atoms with Gasteiger partial charge in [0, 0.05) is 13.1 Å². The highest BCUT2D eigenvalue weighted by Gasteiger charge is 2.09. The SMILES string of the molecule is O=[N+]([O-])OCCOc1ccccc1OCC(O)CNCc1ccc(-c2ccccc2)cc1. The van der Waals surface area contributed by atoms with Crippen molar-refractivity contribution < 1.29 is 24.5 Å². The van der Waals surface area contributed by atoms with Gasteiger partial charge in [0.15, 0.2) is 11.5 Å². The van der Waals surface area contributed by atoms with E-state index in [4.69, 9.17) is 9.47 Å². The fourth-order valence-corrected chi connectivity index (χ4v) is 3.03. The molecule has 0 aliphatic carbocycles. The van der Waals surface area contributed by atoms with Gasteiger partial charge in [0.25, 0.3) is 5.09 Å². The molecule has 0 saturated heterocycles. The van der Waals surface area contributed by atoms with Crippen LogP contribution in [-0.4, -0.2) is 42.7 Å². The first-order chi connectivity index (χ1) is 15.6. The molecule has 0 aliphatic heterocycles. The van der Waals surface area contributed by atoms with Crippen molar-refractivity contribution in [3.63, 3.8) is 0 Å². The van der Waals surface area contributed by atoms with Crippen LogP contribution in [0.25, 0.3) is 11.1 Å². The van der Waals surface area contributed by atoms with Crippen molar-refractivity contribution in [1.29, 1.82) is 0 Å². The number of nitrogens with one attached hydrogen (secondary N) is 1. The maximum atomic E-state index is 10.2. The van der Waals surface area contributed by atoms with Crippen LogP contribution in [-0.2, 0) is 11.4 Å². The lowest BCUT2D eigenvalue weighted by atomic mass is 10.0. The lowest BCUT2D eigenvalue weighted by Gasteiger charge is -2.16. The normalized spacial score (nSPS) is 11.5. The van der Waals surface area contributed by atoms with Gasteiger partial charge in [-0.25, -0.2) is 0 Å². The Morgan fingerprint density at radius 3 is 2.16 bits per heavy atom. The molecule has 8 heteroatoms. The zero-order valence-electron chi connectivity index (χ0n) is 17.6. The fraction of sp³-hybridized carbons (Fsp3) is 0.250. The molecule has 3 aromatic rings. The Bertz CT molecular complexity index is 966. The Morgan fingerprint density at radius 1 is 0.844 bits per heavy atom. The van der Waals surface area contributed by atoms with Crippen molar-refractivity contribution in [3.05, 3.63) is 94.5 Å². The highest BCUT2D eigenvalue weighted by Crippen LogP contribution is 2.26. The number of hydrogen-bond acceptors (Lipinski definition) is 7. The van der Waals surface area contributed by atoms with E-state index >= 15 is 0 Å². The quantitative estimate of drug-likeness (QED) is 0.239. The summed E-state index contributed by atoms with van der Waals surface area (Å²) in [4.78, 5) is 14.4. The summed E-state index contributed by atoms with van der Waals surface area (Å²) in [5.41, 5.74) is 3.45. The van der Waals surface area contributed by atoms with Gasteiger partial charge >= 0.3 is 0 Å². The van der Waals surface area contributed by atoms with Gasteiger partial charge < -0.3 is 24.7 Å². The van der Waals surface area contributed by atoms with Crippen molar-refractivity contribution in [2.75, 3.05) is 26.4 Å². The number of ether oxygens (including phenoxy) is 2. The molecule has 1 atom stereocenters. The first-order valence-corrected chi connectivity index (χ1v) is 10.3. The molecule has 0 amide bonds. The number of nitrogens with zero attached hydrogens (tertiary/aromatic N) is 1. The van der Waals surface area contributed by atoms with E-state index in [0.717, 1.165) is 11.1 Å². The van der Waals surface area contributed by atoms with Crippen molar-refractivity contribution >= 4 is 0 Å². The van der Waals surface area contributed by atoms with Gasteiger partial charge in [0.05, 0.1) is 0 Å². The largest absolute Gasteiger partial charge is 0.488 e. The van der Waals surface area contributed by atoms with E-state index in [9.17, 15) is 15.2 Å². The van der Waals surface area contributed by atoms with Gasteiger partial charge in [0.1, 0.15) is 25.9 Å². The number of hydrogen-bond donors (Lipinski definition) is 2. The van der Waals surface area contributed by atoms with Crippen molar-refractivity contribution in [2.24, 2.45) is 0 Å². The minimum Gasteiger partial charge on any atom is -0.488 e. The smallest absolute Gasteiger partial charge is 0.294 e. The first-order valence-electron chi connectivity index (χ1n) is 10.3. The molecule has 32 heavy (non-hydrogen) atoms. The minimum absolute atomic E-state index is 0.00846. The molecular formula is C24H26N2O6. The number of benzene rings is 3. The molecule has 3 aromatic carbocycles. The average molecular weight is 438 g/mol. The summed E-state index contributed by atoms with van der Waals surface area (Å²) in [6.45, 7) is 0.892. The van der Waals surface area contributed by atoms with Crippen LogP contribution in [0.4, 0.5) is 0 Å². The topological polar surface area (TPSA) is 103 Å². The zero-order valence-corrected chi connectivity index (χ0v) is 17.6.